The van der Waals surface area contributed by atoms with E-state index in [-0.39, 0.29) is 16.6 Å². The minimum Gasteiger partial charge on any atom is -0.481 e. The van der Waals surface area contributed by atoms with E-state index < -0.39 is 11.7 Å². The monoisotopic (exact) mass is 338 g/mol. The lowest BCUT2D eigenvalue weighted by atomic mass is 10.2. The van der Waals surface area contributed by atoms with Crippen molar-refractivity contribution in [3.05, 3.63) is 57.9 Å². The van der Waals surface area contributed by atoms with E-state index in [0.29, 0.717) is 5.88 Å². The van der Waals surface area contributed by atoms with Crippen molar-refractivity contribution in [3.8, 4) is 5.88 Å². The van der Waals surface area contributed by atoms with Crippen molar-refractivity contribution in [3.63, 3.8) is 0 Å². The molecule has 20 heavy (non-hydrogen) atoms. The molecular formula is C14H12BrFN2O2. The number of ether oxygens (including phenoxy) is 1. The van der Waals surface area contributed by atoms with Crippen molar-refractivity contribution >= 4 is 21.8 Å². The van der Waals surface area contributed by atoms with E-state index in [4.69, 9.17) is 4.74 Å². The Morgan fingerprint density at radius 1 is 1.40 bits per heavy atom. The summed E-state index contributed by atoms with van der Waals surface area (Å²) >= 11 is 3.05. The van der Waals surface area contributed by atoms with E-state index in [0.717, 1.165) is 5.56 Å². The zero-order valence-electron chi connectivity index (χ0n) is 10.7. The maximum absolute atomic E-state index is 13.7. The molecule has 1 aromatic carbocycles. The summed E-state index contributed by atoms with van der Waals surface area (Å²) in [4.78, 5) is 15.9. The van der Waals surface area contributed by atoms with E-state index >= 15 is 0 Å². The zero-order valence-corrected chi connectivity index (χ0v) is 12.3. The van der Waals surface area contributed by atoms with Crippen molar-refractivity contribution in [2.45, 2.75) is 6.54 Å². The van der Waals surface area contributed by atoms with Gasteiger partial charge in [-0.15, -0.1) is 0 Å². The highest BCUT2D eigenvalue weighted by Gasteiger charge is 2.13. The van der Waals surface area contributed by atoms with Gasteiger partial charge in [0.2, 0.25) is 5.88 Å². The molecule has 2 rings (SSSR count). The number of hydrogen-bond acceptors (Lipinski definition) is 3. The Morgan fingerprint density at radius 3 is 2.85 bits per heavy atom. The first-order valence-electron chi connectivity index (χ1n) is 5.83. The van der Waals surface area contributed by atoms with Crippen LogP contribution < -0.4 is 10.1 Å². The maximum atomic E-state index is 13.7. The molecule has 1 aromatic heterocycles. The zero-order chi connectivity index (χ0) is 14.5. The lowest BCUT2D eigenvalue weighted by molar-refractivity contribution is 0.0946. The average Bonchev–Trinajstić information content (AvgIpc) is 2.48. The van der Waals surface area contributed by atoms with Crippen LogP contribution in [0, 0.1) is 5.82 Å². The number of carbonyl (C=O) groups is 1. The summed E-state index contributed by atoms with van der Waals surface area (Å²) in [5.41, 5.74) is 0.801. The van der Waals surface area contributed by atoms with Crippen LogP contribution >= 0.6 is 15.9 Å². The van der Waals surface area contributed by atoms with Crippen LogP contribution in [-0.4, -0.2) is 18.0 Å². The molecule has 4 nitrogen and oxygen atoms in total. The first kappa shape index (κ1) is 14.5. The van der Waals surface area contributed by atoms with Gasteiger partial charge in [0, 0.05) is 18.8 Å². The van der Waals surface area contributed by atoms with Gasteiger partial charge in [0.1, 0.15) is 5.82 Å². The van der Waals surface area contributed by atoms with Crippen LogP contribution in [0.3, 0.4) is 0 Å². The highest BCUT2D eigenvalue weighted by atomic mass is 79.9. The first-order chi connectivity index (χ1) is 9.61. The van der Waals surface area contributed by atoms with Crippen molar-refractivity contribution in [1.82, 2.24) is 10.3 Å². The largest absolute Gasteiger partial charge is 0.481 e. The quantitative estimate of drug-likeness (QED) is 0.932. The molecule has 0 fully saturated rings. The highest BCUT2D eigenvalue weighted by Crippen LogP contribution is 2.18. The van der Waals surface area contributed by atoms with Crippen LogP contribution in [0.4, 0.5) is 4.39 Å². The molecule has 0 atom stereocenters. The molecule has 0 bridgehead atoms. The summed E-state index contributed by atoms with van der Waals surface area (Å²) in [6.07, 6.45) is 1.59. The van der Waals surface area contributed by atoms with Crippen LogP contribution in [-0.2, 0) is 6.54 Å². The topological polar surface area (TPSA) is 51.2 Å². The van der Waals surface area contributed by atoms with Crippen molar-refractivity contribution in [1.29, 1.82) is 0 Å². The summed E-state index contributed by atoms with van der Waals surface area (Å²) in [6.45, 7) is 0.266. The number of amides is 1. The lowest BCUT2D eigenvalue weighted by Gasteiger charge is -2.07. The Kier molecular flexibility index (Phi) is 4.68. The number of rotatable bonds is 4. The molecule has 0 spiro atoms. The van der Waals surface area contributed by atoms with Gasteiger partial charge < -0.3 is 10.1 Å². The van der Waals surface area contributed by atoms with Gasteiger partial charge in [0.15, 0.2) is 0 Å². The molecule has 1 heterocycles. The molecule has 0 aliphatic rings. The summed E-state index contributed by atoms with van der Waals surface area (Å²) < 4.78 is 18.9. The molecule has 6 heteroatoms. The van der Waals surface area contributed by atoms with Gasteiger partial charge in [-0.3, -0.25) is 4.79 Å². The van der Waals surface area contributed by atoms with Gasteiger partial charge >= 0.3 is 0 Å². The predicted octanol–water partition coefficient (Wildman–Crippen LogP) is 2.92. The summed E-state index contributed by atoms with van der Waals surface area (Å²) in [6, 6.07) is 8.06. The third-order valence-corrected chi connectivity index (χ3v) is 3.27. The van der Waals surface area contributed by atoms with E-state index in [1.807, 2.05) is 0 Å². The van der Waals surface area contributed by atoms with E-state index in [1.54, 1.807) is 30.5 Å². The van der Waals surface area contributed by atoms with Crippen LogP contribution in [0.25, 0.3) is 0 Å². The van der Waals surface area contributed by atoms with Gasteiger partial charge in [0.25, 0.3) is 5.91 Å². The molecule has 0 saturated heterocycles. The second kappa shape index (κ2) is 6.47. The molecule has 0 radical (unpaired) electrons. The number of methoxy groups -OCH3 is 1. The van der Waals surface area contributed by atoms with Crippen molar-refractivity contribution in [2.75, 3.05) is 7.11 Å². The van der Waals surface area contributed by atoms with Crippen LogP contribution in [0.2, 0.25) is 0 Å². The minimum absolute atomic E-state index is 0.000783. The van der Waals surface area contributed by atoms with Gasteiger partial charge in [-0.05, 0) is 33.6 Å². The number of nitrogens with one attached hydrogen (secondary N) is 1. The van der Waals surface area contributed by atoms with Gasteiger partial charge in [-0.2, -0.15) is 0 Å². The number of carbonyl (C=O) groups excluding carboxylic acids is 1. The predicted molar refractivity (Wildman–Crippen MR) is 76.1 cm³/mol. The van der Waals surface area contributed by atoms with Crippen LogP contribution in [0.5, 0.6) is 5.88 Å². The summed E-state index contributed by atoms with van der Waals surface area (Å²) in [5, 5.41) is 2.64. The van der Waals surface area contributed by atoms with Crippen molar-refractivity contribution < 1.29 is 13.9 Å². The summed E-state index contributed by atoms with van der Waals surface area (Å²) in [5.74, 6) is -0.546. The third kappa shape index (κ3) is 3.33. The van der Waals surface area contributed by atoms with E-state index in [2.05, 4.69) is 26.2 Å². The molecule has 104 valence electrons. The number of benzene rings is 1. The number of hydrogen-bond donors (Lipinski definition) is 1. The molecule has 2 aromatic rings. The standard InChI is InChI=1S/C14H12BrFN2O2/c1-20-12-6-5-9(7-17-12)8-18-14(19)10-3-2-4-11(15)13(10)16/h2-7H,8H2,1H3,(H,18,19). The Hall–Kier alpha value is -1.95. The minimum atomic E-state index is -0.571. The number of halogens is 2. The number of pyridine rings is 1. The molecular weight excluding hydrogens is 327 g/mol. The smallest absolute Gasteiger partial charge is 0.254 e. The number of nitrogens with zero attached hydrogens (tertiary/aromatic N) is 1. The average molecular weight is 339 g/mol. The maximum Gasteiger partial charge on any atom is 0.254 e. The van der Waals surface area contributed by atoms with E-state index in [9.17, 15) is 9.18 Å². The Morgan fingerprint density at radius 2 is 2.20 bits per heavy atom. The summed E-state index contributed by atoms with van der Waals surface area (Å²) in [7, 11) is 1.53. The Bertz CT molecular complexity index is 617. The van der Waals surface area contributed by atoms with Crippen LogP contribution in [0.15, 0.2) is 41.0 Å². The Balaban J connectivity index is 2.02. The fraction of sp³-hybridized carbons (Fsp3) is 0.143. The molecule has 1 N–H and O–H groups in total. The molecule has 1 amide bonds. The highest BCUT2D eigenvalue weighted by molar-refractivity contribution is 9.10. The normalized spacial score (nSPS) is 10.2. The molecule has 0 unspecified atom stereocenters. The lowest BCUT2D eigenvalue weighted by Crippen LogP contribution is -2.24. The second-order valence-corrected chi connectivity index (χ2v) is 4.85. The van der Waals surface area contributed by atoms with Gasteiger partial charge in [-0.25, -0.2) is 9.37 Å². The van der Waals surface area contributed by atoms with Gasteiger partial charge in [0.05, 0.1) is 17.1 Å². The molecule has 0 aliphatic heterocycles. The van der Waals surface area contributed by atoms with Crippen molar-refractivity contribution in [2.24, 2.45) is 0 Å². The fourth-order valence-electron chi connectivity index (χ4n) is 1.59. The number of aromatic nitrogens is 1. The first-order valence-corrected chi connectivity index (χ1v) is 6.62. The van der Waals surface area contributed by atoms with Gasteiger partial charge in [-0.1, -0.05) is 12.1 Å². The van der Waals surface area contributed by atoms with Crippen LogP contribution in [0.1, 0.15) is 15.9 Å². The second-order valence-electron chi connectivity index (χ2n) is 3.99. The van der Waals surface area contributed by atoms with E-state index in [1.165, 1.54) is 13.2 Å². The third-order valence-electron chi connectivity index (χ3n) is 2.66. The molecule has 0 aliphatic carbocycles. The Labute approximate surface area is 124 Å². The SMILES string of the molecule is COc1ccc(CNC(=O)c2cccc(Br)c2F)cn1. The molecule has 0 saturated carbocycles. The fourth-order valence-corrected chi connectivity index (χ4v) is 1.96.